The minimum absolute atomic E-state index is 0.0904. The molecular weight excluding hydrogens is 430 g/mol. The molecule has 1 aromatic carbocycles. The Morgan fingerprint density at radius 1 is 1.21 bits per heavy atom. The molecule has 2 bridgehead atoms. The molecule has 4 heterocycles. The highest BCUT2D eigenvalue weighted by Crippen LogP contribution is 2.34. The molecule has 2 aliphatic rings. The largest absolute Gasteiger partial charge is 0.507 e. The number of pyridine rings is 1. The standard InChI is InChI=1S/C23H24F2N6O2/c1-30-11-16(24)15(9-21(30)33)12-3-5-14(19(32)7-12)23-26-10-20(28-29-23)31(2)18-8-13-4-6-17(27-13)22(18)25/h3,5,7,9-11,13,17-18,22,27,32H,4,6,8H2,1-2H3/t13-,17+,18+,22-/m0/s1. The Kier molecular flexibility index (Phi) is 5.32. The summed E-state index contributed by atoms with van der Waals surface area (Å²) in [5.41, 5.74) is 0.394. The number of aromatic hydroxyl groups is 1. The Hall–Kier alpha value is -3.40. The van der Waals surface area contributed by atoms with Crippen molar-refractivity contribution in [1.29, 1.82) is 0 Å². The molecule has 10 heteroatoms. The third kappa shape index (κ3) is 3.84. The van der Waals surface area contributed by atoms with Gasteiger partial charge in [-0.15, -0.1) is 10.2 Å². The minimum atomic E-state index is -0.998. The number of fused-ring (bicyclic) bond motifs is 2. The number of phenols is 1. The van der Waals surface area contributed by atoms with Crippen molar-refractivity contribution in [1.82, 2.24) is 25.1 Å². The first-order valence-electron chi connectivity index (χ1n) is 10.8. The zero-order valence-corrected chi connectivity index (χ0v) is 18.2. The molecule has 8 nitrogen and oxygen atoms in total. The van der Waals surface area contributed by atoms with E-state index in [9.17, 15) is 18.7 Å². The number of rotatable bonds is 4. The predicted octanol–water partition coefficient (Wildman–Crippen LogP) is 2.42. The van der Waals surface area contributed by atoms with Crippen LogP contribution in [0.1, 0.15) is 19.3 Å². The fourth-order valence-electron chi connectivity index (χ4n) is 4.78. The summed E-state index contributed by atoms with van der Waals surface area (Å²) in [6.45, 7) is 0. The summed E-state index contributed by atoms with van der Waals surface area (Å²) in [6, 6.07) is 5.55. The smallest absolute Gasteiger partial charge is 0.251 e. The van der Waals surface area contributed by atoms with Crippen molar-refractivity contribution >= 4 is 5.82 Å². The van der Waals surface area contributed by atoms with Gasteiger partial charge in [-0.25, -0.2) is 13.8 Å². The van der Waals surface area contributed by atoms with E-state index < -0.39 is 12.0 Å². The number of alkyl halides is 1. The first kappa shape index (κ1) is 21.4. The Bertz CT molecular complexity index is 1250. The lowest BCUT2D eigenvalue weighted by Gasteiger charge is -2.38. The van der Waals surface area contributed by atoms with Crippen molar-refractivity contribution in [2.75, 3.05) is 11.9 Å². The summed E-state index contributed by atoms with van der Waals surface area (Å²) in [4.78, 5) is 18.0. The van der Waals surface area contributed by atoms with E-state index in [-0.39, 0.29) is 34.8 Å². The quantitative estimate of drug-likeness (QED) is 0.625. The van der Waals surface area contributed by atoms with Gasteiger partial charge in [-0.3, -0.25) is 4.79 Å². The maximum atomic E-state index is 14.9. The van der Waals surface area contributed by atoms with E-state index in [2.05, 4.69) is 20.5 Å². The van der Waals surface area contributed by atoms with Gasteiger partial charge in [0.2, 0.25) is 0 Å². The fourth-order valence-corrected chi connectivity index (χ4v) is 4.78. The SMILES string of the molecule is CN(c1cnc(-c2ccc(-c3cc(=O)n(C)cc3F)cc2O)nn1)[C@@H]1C[C@@H]2CC[C@@H](N2)[C@@H]1F. The Balaban J connectivity index is 1.38. The first-order valence-corrected chi connectivity index (χ1v) is 10.8. The molecule has 2 fully saturated rings. The molecule has 3 aromatic rings. The van der Waals surface area contributed by atoms with Crippen molar-refractivity contribution < 1.29 is 13.9 Å². The normalized spacial score (nSPS) is 24.1. The van der Waals surface area contributed by atoms with Crippen molar-refractivity contribution in [3.8, 4) is 28.3 Å². The van der Waals surface area contributed by atoms with Crippen LogP contribution in [0.15, 0.2) is 41.5 Å². The first-order chi connectivity index (χ1) is 15.8. The van der Waals surface area contributed by atoms with Crippen LogP contribution in [0.4, 0.5) is 14.6 Å². The molecular formula is C23H24F2N6O2. The molecule has 0 radical (unpaired) electrons. The molecule has 2 aliphatic heterocycles. The summed E-state index contributed by atoms with van der Waals surface area (Å²) in [7, 11) is 3.25. The molecule has 0 spiro atoms. The van der Waals surface area contributed by atoms with Gasteiger partial charge in [-0.05, 0) is 37.0 Å². The van der Waals surface area contributed by atoms with Crippen LogP contribution in [-0.4, -0.2) is 56.2 Å². The second-order valence-electron chi connectivity index (χ2n) is 8.76. The maximum absolute atomic E-state index is 14.9. The number of phenolic OH excluding ortho intramolecular Hbond substituents is 1. The molecule has 2 saturated heterocycles. The van der Waals surface area contributed by atoms with Crippen molar-refractivity contribution in [3.63, 3.8) is 0 Å². The molecule has 0 saturated carbocycles. The highest BCUT2D eigenvalue weighted by Gasteiger charge is 2.43. The second-order valence-corrected chi connectivity index (χ2v) is 8.76. The number of anilines is 1. The predicted molar refractivity (Wildman–Crippen MR) is 119 cm³/mol. The van der Waals surface area contributed by atoms with Gasteiger partial charge in [0.25, 0.3) is 5.56 Å². The molecule has 0 unspecified atom stereocenters. The Morgan fingerprint density at radius 2 is 2.03 bits per heavy atom. The Morgan fingerprint density at radius 3 is 2.76 bits per heavy atom. The van der Waals surface area contributed by atoms with E-state index in [1.807, 2.05) is 0 Å². The summed E-state index contributed by atoms with van der Waals surface area (Å²) in [6.07, 6.45) is 4.12. The van der Waals surface area contributed by atoms with E-state index in [1.54, 1.807) is 24.1 Å². The van der Waals surface area contributed by atoms with Gasteiger partial charge in [0.05, 0.1) is 17.8 Å². The molecule has 2 aromatic heterocycles. The van der Waals surface area contributed by atoms with Gasteiger partial charge >= 0.3 is 0 Å². The number of nitrogens with one attached hydrogen (secondary N) is 1. The zero-order valence-electron chi connectivity index (χ0n) is 18.2. The van der Waals surface area contributed by atoms with Crippen molar-refractivity contribution in [2.45, 2.75) is 43.6 Å². The highest BCUT2D eigenvalue weighted by molar-refractivity contribution is 5.73. The van der Waals surface area contributed by atoms with Crippen LogP contribution < -0.4 is 15.8 Å². The monoisotopic (exact) mass is 454 g/mol. The topological polar surface area (TPSA) is 96.2 Å². The molecule has 4 atom stereocenters. The molecule has 2 N–H and O–H groups in total. The lowest BCUT2D eigenvalue weighted by molar-refractivity contribution is 0.176. The highest BCUT2D eigenvalue weighted by atomic mass is 19.1. The molecule has 5 rings (SSSR count). The number of hydrogen-bond donors (Lipinski definition) is 2. The Labute approximate surface area is 188 Å². The average molecular weight is 454 g/mol. The third-order valence-corrected chi connectivity index (χ3v) is 6.69. The fraction of sp³-hybridized carbons (Fsp3) is 0.391. The van der Waals surface area contributed by atoms with Crippen molar-refractivity contribution in [3.05, 3.63) is 52.8 Å². The minimum Gasteiger partial charge on any atom is -0.507 e. The van der Waals surface area contributed by atoms with Crippen LogP contribution in [0.5, 0.6) is 5.75 Å². The van der Waals surface area contributed by atoms with Gasteiger partial charge in [-0.2, -0.15) is 0 Å². The summed E-state index contributed by atoms with van der Waals surface area (Å²) in [5, 5.41) is 22.2. The van der Waals surface area contributed by atoms with Gasteiger partial charge in [0.15, 0.2) is 11.6 Å². The number of hydrogen-bond acceptors (Lipinski definition) is 7. The summed E-state index contributed by atoms with van der Waals surface area (Å²) >= 11 is 0. The van der Waals surface area contributed by atoms with Crippen LogP contribution in [0.3, 0.4) is 0 Å². The van der Waals surface area contributed by atoms with Crippen LogP contribution in [-0.2, 0) is 7.05 Å². The maximum Gasteiger partial charge on any atom is 0.251 e. The molecule has 0 aliphatic carbocycles. The van der Waals surface area contributed by atoms with E-state index in [0.29, 0.717) is 29.4 Å². The number of nitrogens with zero attached hydrogens (tertiary/aromatic N) is 5. The lowest BCUT2D eigenvalue weighted by atomic mass is 9.96. The number of halogens is 2. The average Bonchev–Trinajstić information content (AvgIpc) is 3.22. The number of aryl methyl sites for hydroxylation is 1. The second kappa shape index (κ2) is 8.18. The van der Waals surface area contributed by atoms with Gasteiger partial charge in [0, 0.05) is 44.0 Å². The van der Waals surface area contributed by atoms with Crippen LogP contribution in [0, 0.1) is 5.82 Å². The van der Waals surface area contributed by atoms with E-state index in [4.69, 9.17) is 0 Å². The number of benzene rings is 1. The van der Waals surface area contributed by atoms with Gasteiger partial charge in [0.1, 0.15) is 17.7 Å². The summed E-state index contributed by atoms with van der Waals surface area (Å²) in [5.74, 6) is -0.116. The third-order valence-electron chi connectivity index (χ3n) is 6.69. The molecule has 33 heavy (non-hydrogen) atoms. The molecule has 0 amide bonds. The van der Waals surface area contributed by atoms with Crippen molar-refractivity contribution in [2.24, 2.45) is 7.05 Å². The van der Waals surface area contributed by atoms with Crippen LogP contribution in [0.25, 0.3) is 22.5 Å². The summed E-state index contributed by atoms with van der Waals surface area (Å²) < 4.78 is 30.3. The van der Waals surface area contributed by atoms with Crippen LogP contribution in [0.2, 0.25) is 0 Å². The molecule has 172 valence electrons. The number of piperidine rings is 1. The zero-order chi connectivity index (χ0) is 23.3. The van der Waals surface area contributed by atoms with Gasteiger partial charge in [-0.1, -0.05) is 6.07 Å². The van der Waals surface area contributed by atoms with E-state index >= 15 is 0 Å². The van der Waals surface area contributed by atoms with E-state index in [1.165, 1.54) is 25.4 Å². The number of aromatic nitrogens is 4. The van der Waals surface area contributed by atoms with Crippen LogP contribution >= 0.6 is 0 Å². The lowest BCUT2D eigenvalue weighted by Crippen LogP contribution is -2.55. The van der Waals surface area contributed by atoms with E-state index in [0.717, 1.165) is 23.6 Å². The van der Waals surface area contributed by atoms with Gasteiger partial charge < -0.3 is 19.9 Å².